The SMILES string of the molecule is CCOc1ccc(C(=O)N/N=C/c2cc(Cl)c(OCc3ccc(Br)cc3)c(OC)c2)cc1OC. The highest BCUT2D eigenvalue weighted by atomic mass is 79.9. The molecule has 178 valence electrons. The average Bonchev–Trinajstić information content (AvgIpc) is 2.84. The fourth-order valence-corrected chi connectivity index (χ4v) is 3.54. The molecule has 0 saturated carbocycles. The number of carbonyl (C=O) groups excluding carboxylic acids is 1. The van der Waals surface area contributed by atoms with Gasteiger partial charge in [-0.25, -0.2) is 5.43 Å². The maximum Gasteiger partial charge on any atom is 0.271 e. The first-order chi connectivity index (χ1) is 16.4. The molecule has 1 N–H and O–H groups in total. The Balaban J connectivity index is 1.68. The second kappa shape index (κ2) is 12.3. The average molecular weight is 548 g/mol. The summed E-state index contributed by atoms with van der Waals surface area (Å²) in [7, 11) is 3.04. The highest BCUT2D eigenvalue weighted by Crippen LogP contribution is 2.36. The number of hydrogen-bond acceptors (Lipinski definition) is 6. The molecule has 0 heterocycles. The number of hydrazone groups is 1. The molecule has 0 radical (unpaired) electrons. The number of rotatable bonds is 10. The quantitative estimate of drug-likeness (QED) is 0.254. The second-order valence-electron chi connectivity index (χ2n) is 6.95. The number of carbonyl (C=O) groups is 1. The lowest BCUT2D eigenvalue weighted by Gasteiger charge is -2.13. The molecule has 0 fully saturated rings. The van der Waals surface area contributed by atoms with Crippen LogP contribution in [-0.4, -0.2) is 32.9 Å². The molecular formula is C25H24BrClN2O5. The minimum Gasteiger partial charge on any atom is -0.493 e. The molecule has 1 amide bonds. The maximum atomic E-state index is 12.5. The van der Waals surface area contributed by atoms with Gasteiger partial charge in [0.05, 0.1) is 32.1 Å². The summed E-state index contributed by atoms with van der Waals surface area (Å²) in [6.45, 7) is 2.70. The molecule has 0 bridgehead atoms. The van der Waals surface area contributed by atoms with E-state index >= 15 is 0 Å². The van der Waals surface area contributed by atoms with Crippen LogP contribution < -0.4 is 24.4 Å². The van der Waals surface area contributed by atoms with E-state index in [-0.39, 0.29) is 0 Å². The third-order valence-corrected chi connectivity index (χ3v) is 5.46. The van der Waals surface area contributed by atoms with E-state index in [1.54, 1.807) is 30.3 Å². The van der Waals surface area contributed by atoms with Gasteiger partial charge < -0.3 is 18.9 Å². The van der Waals surface area contributed by atoms with E-state index in [2.05, 4.69) is 26.5 Å². The molecule has 0 aromatic heterocycles. The van der Waals surface area contributed by atoms with Crippen LogP contribution in [0.3, 0.4) is 0 Å². The largest absolute Gasteiger partial charge is 0.493 e. The number of benzene rings is 3. The van der Waals surface area contributed by atoms with E-state index in [0.29, 0.717) is 52.4 Å². The van der Waals surface area contributed by atoms with Gasteiger partial charge in [0, 0.05) is 10.0 Å². The first-order valence-electron chi connectivity index (χ1n) is 10.3. The van der Waals surface area contributed by atoms with Crippen LogP contribution in [0, 0.1) is 0 Å². The van der Waals surface area contributed by atoms with Gasteiger partial charge >= 0.3 is 0 Å². The maximum absolute atomic E-state index is 12.5. The first-order valence-corrected chi connectivity index (χ1v) is 11.5. The van der Waals surface area contributed by atoms with Crippen molar-refractivity contribution in [3.63, 3.8) is 0 Å². The summed E-state index contributed by atoms with van der Waals surface area (Å²) in [5, 5.41) is 4.39. The van der Waals surface area contributed by atoms with Crippen molar-refractivity contribution in [2.24, 2.45) is 5.10 Å². The van der Waals surface area contributed by atoms with E-state index in [0.717, 1.165) is 10.0 Å². The Hall–Kier alpha value is -3.23. The monoisotopic (exact) mass is 546 g/mol. The molecule has 3 rings (SSSR count). The van der Waals surface area contributed by atoms with Crippen LogP contribution in [-0.2, 0) is 6.61 Å². The summed E-state index contributed by atoms with van der Waals surface area (Å²) in [5.41, 5.74) is 4.48. The highest BCUT2D eigenvalue weighted by Gasteiger charge is 2.13. The van der Waals surface area contributed by atoms with Crippen molar-refractivity contribution < 1.29 is 23.7 Å². The fourth-order valence-electron chi connectivity index (χ4n) is 3.00. The van der Waals surface area contributed by atoms with Gasteiger partial charge in [0.1, 0.15) is 6.61 Å². The van der Waals surface area contributed by atoms with E-state index in [4.69, 9.17) is 30.5 Å². The summed E-state index contributed by atoms with van der Waals surface area (Å²) in [5.74, 6) is 1.51. The Morgan fingerprint density at radius 2 is 1.74 bits per heavy atom. The molecule has 0 spiro atoms. The predicted octanol–water partition coefficient (Wildman–Crippen LogP) is 5.86. The fraction of sp³-hybridized carbons (Fsp3) is 0.200. The summed E-state index contributed by atoms with van der Waals surface area (Å²) in [6, 6.07) is 16.1. The Morgan fingerprint density at radius 3 is 2.41 bits per heavy atom. The lowest BCUT2D eigenvalue weighted by Crippen LogP contribution is -2.17. The first kappa shape index (κ1) is 25.4. The Bertz CT molecular complexity index is 1170. The van der Waals surface area contributed by atoms with E-state index in [1.165, 1.54) is 20.4 Å². The van der Waals surface area contributed by atoms with Crippen LogP contribution in [0.15, 0.2) is 64.2 Å². The van der Waals surface area contributed by atoms with Crippen molar-refractivity contribution in [3.8, 4) is 23.0 Å². The Morgan fingerprint density at radius 1 is 1.00 bits per heavy atom. The smallest absolute Gasteiger partial charge is 0.271 e. The van der Waals surface area contributed by atoms with Crippen molar-refractivity contribution in [2.75, 3.05) is 20.8 Å². The molecule has 0 aliphatic carbocycles. The molecule has 0 atom stereocenters. The van der Waals surface area contributed by atoms with Crippen LogP contribution in [0.4, 0.5) is 0 Å². The van der Waals surface area contributed by atoms with Gasteiger partial charge in [0.15, 0.2) is 23.0 Å². The summed E-state index contributed by atoms with van der Waals surface area (Å²) in [4.78, 5) is 12.5. The number of halogens is 2. The molecule has 9 heteroatoms. The van der Waals surface area contributed by atoms with Crippen molar-refractivity contribution in [1.82, 2.24) is 5.43 Å². The standard InChI is InChI=1S/C25H24BrClN2O5/c1-4-33-21-10-7-18(13-22(21)31-2)25(30)29-28-14-17-11-20(27)24(23(12-17)32-3)34-15-16-5-8-19(26)9-6-16/h5-14H,4,15H2,1-3H3,(H,29,30)/b28-14+. The normalized spacial score (nSPS) is 10.7. The van der Waals surface area contributed by atoms with Crippen LogP contribution in [0.5, 0.6) is 23.0 Å². The van der Waals surface area contributed by atoms with E-state index in [9.17, 15) is 4.79 Å². The lowest BCUT2D eigenvalue weighted by atomic mass is 10.2. The number of nitrogens with one attached hydrogen (secondary N) is 1. The molecule has 0 aliphatic heterocycles. The van der Waals surface area contributed by atoms with Crippen LogP contribution >= 0.6 is 27.5 Å². The van der Waals surface area contributed by atoms with Gasteiger partial charge in [-0.3, -0.25) is 4.79 Å². The Kier molecular flexibility index (Phi) is 9.18. The summed E-state index contributed by atoms with van der Waals surface area (Å²) < 4.78 is 23.1. The highest BCUT2D eigenvalue weighted by molar-refractivity contribution is 9.10. The van der Waals surface area contributed by atoms with Crippen molar-refractivity contribution >= 4 is 39.7 Å². The third-order valence-electron chi connectivity index (χ3n) is 4.65. The van der Waals surface area contributed by atoms with Gasteiger partial charge in [0.2, 0.25) is 0 Å². The van der Waals surface area contributed by atoms with Gasteiger partial charge in [-0.2, -0.15) is 5.10 Å². The second-order valence-corrected chi connectivity index (χ2v) is 8.27. The summed E-state index contributed by atoms with van der Waals surface area (Å²) >= 11 is 9.84. The predicted molar refractivity (Wildman–Crippen MR) is 136 cm³/mol. The zero-order valence-electron chi connectivity index (χ0n) is 18.9. The minimum absolute atomic E-state index is 0.332. The zero-order valence-corrected chi connectivity index (χ0v) is 21.3. The Labute approximate surface area is 211 Å². The van der Waals surface area contributed by atoms with Crippen LogP contribution in [0.1, 0.15) is 28.4 Å². The van der Waals surface area contributed by atoms with Gasteiger partial charge in [-0.15, -0.1) is 0 Å². The van der Waals surface area contributed by atoms with Crippen LogP contribution in [0.25, 0.3) is 0 Å². The summed E-state index contributed by atoms with van der Waals surface area (Å²) in [6.07, 6.45) is 1.47. The number of nitrogens with zero attached hydrogens (tertiary/aromatic N) is 1. The van der Waals surface area contributed by atoms with Crippen LogP contribution in [0.2, 0.25) is 5.02 Å². The minimum atomic E-state index is -0.398. The molecular weight excluding hydrogens is 524 g/mol. The molecule has 3 aromatic carbocycles. The zero-order chi connectivity index (χ0) is 24.5. The molecule has 34 heavy (non-hydrogen) atoms. The number of ether oxygens (including phenoxy) is 4. The topological polar surface area (TPSA) is 78.4 Å². The van der Waals surface area contributed by atoms with Crippen molar-refractivity contribution in [3.05, 3.63) is 80.8 Å². The number of methoxy groups -OCH3 is 2. The van der Waals surface area contributed by atoms with Gasteiger partial charge in [0.25, 0.3) is 5.91 Å². The number of hydrogen-bond donors (Lipinski definition) is 1. The molecule has 0 aliphatic rings. The lowest BCUT2D eigenvalue weighted by molar-refractivity contribution is 0.0954. The van der Waals surface area contributed by atoms with Crippen molar-refractivity contribution in [2.45, 2.75) is 13.5 Å². The molecule has 3 aromatic rings. The number of amides is 1. The molecule has 0 unspecified atom stereocenters. The molecule has 0 saturated heterocycles. The third kappa shape index (κ3) is 6.65. The molecule has 7 nitrogen and oxygen atoms in total. The van der Waals surface area contributed by atoms with E-state index < -0.39 is 5.91 Å². The van der Waals surface area contributed by atoms with Gasteiger partial charge in [-0.1, -0.05) is 39.7 Å². The van der Waals surface area contributed by atoms with Crippen molar-refractivity contribution in [1.29, 1.82) is 0 Å². The van der Waals surface area contributed by atoms with Gasteiger partial charge in [-0.05, 0) is 60.5 Å². The van der Waals surface area contributed by atoms with E-state index in [1.807, 2.05) is 31.2 Å².